The fourth-order valence-electron chi connectivity index (χ4n) is 4.94. The molecule has 128 valence electrons. The first-order chi connectivity index (χ1) is 10.6. The Bertz CT molecular complexity index is 571. The highest BCUT2D eigenvalue weighted by molar-refractivity contribution is 5.84. The van der Waals surface area contributed by atoms with Crippen molar-refractivity contribution in [1.82, 2.24) is 0 Å². The Balaban J connectivity index is 2.31. The highest BCUT2D eigenvalue weighted by Gasteiger charge is 2.56. The molecule has 2 rings (SSSR count). The number of aliphatic carboxylic acids is 1. The molecule has 3 nitrogen and oxygen atoms in total. The summed E-state index contributed by atoms with van der Waals surface area (Å²) in [6, 6.07) is 0. The summed E-state index contributed by atoms with van der Waals surface area (Å²) in [6.45, 7) is 10.6. The predicted molar refractivity (Wildman–Crippen MR) is 92.1 cm³/mol. The van der Waals surface area contributed by atoms with E-state index >= 15 is 0 Å². The highest BCUT2D eigenvalue weighted by atomic mass is 16.4. The smallest absolute Gasteiger partial charge is 0.328 e. The van der Waals surface area contributed by atoms with Gasteiger partial charge in [-0.2, -0.15) is 0 Å². The van der Waals surface area contributed by atoms with E-state index in [0.717, 1.165) is 31.3 Å². The summed E-state index contributed by atoms with van der Waals surface area (Å²) >= 11 is 0. The molecule has 0 heterocycles. The normalized spacial score (nSPS) is 38.0. The van der Waals surface area contributed by atoms with Gasteiger partial charge >= 0.3 is 5.97 Å². The van der Waals surface area contributed by atoms with E-state index in [4.69, 9.17) is 5.11 Å². The maximum absolute atomic E-state index is 12.7. The lowest BCUT2D eigenvalue weighted by atomic mass is 9.46. The van der Waals surface area contributed by atoms with Crippen molar-refractivity contribution in [1.29, 1.82) is 0 Å². The summed E-state index contributed by atoms with van der Waals surface area (Å²) < 4.78 is 0. The van der Waals surface area contributed by atoms with Crippen molar-refractivity contribution in [2.45, 2.75) is 66.7 Å². The minimum atomic E-state index is -0.887. The van der Waals surface area contributed by atoms with E-state index in [0.29, 0.717) is 18.1 Å². The van der Waals surface area contributed by atoms with Crippen LogP contribution in [0.5, 0.6) is 0 Å². The molecule has 1 saturated carbocycles. The molecule has 0 amide bonds. The van der Waals surface area contributed by atoms with Crippen LogP contribution in [0.4, 0.5) is 0 Å². The summed E-state index contributed by atoms with van der Waals surface area (Å²) in [4.78, 5) is 23.5. The summed E-state index contributed by atoms with van der Waals surface area (Å²) in [5.74, 6) is 0.0110. The Morgan fingerprint density at radius 3 is 2.70 bits per heavy atom. The Morgan fingerprint density at radius 1 is 1.43 bits per heavy atom. The molecule has 0 radical (unpaired) electrons. The van der Waals surface area contributed by atoms with Crippen molar-refractivity contribution >= 4 is 11.8 Å². The number of hydrogen-bond donors (Lipinski definition) is 1. The number of allylic oxidation sites excluding steroid dienone is 3. The van der Waals surface area contributed by atoms with Crippen LogP contribution in [0.15, 0.2) is 23.3 Å². The molecule has 0 spiro atoms. The lowest BCUT2D eigenvalue weighted by Crippen LogP contribution is -2.53. The molecule has 0 aromatic rings. The van der Waals surface area contributed by atoms with Crippen LogP contribution in [0.3, 0.4) is 0 Å². The predicted octanol–water partition coefficient (Wildman–Crippen LogP) is 4.78. The molecule has 1 fully saturated rings. The zero-order chi connectivity index (χ0) is 17.4. The van der Waals surface area contributed by atoms with Gasteiger partial charge in [0.1, 0.15) is 5.78 Å². The third-order valence-corrected chi connectivity index (χ3v) is 6.81. The molecule has 0 aromatic carbocycles. The fourth-order valence-corrected chi connectivity index (χ4v) is 4.94. The first-order valence-electron chi connectivity index (χ1n) is 8.71. The van der Waals surface area contributed by atoms with Gasteiger partial charge in [0.15, 0.2) is 0 Å². The van der Waals surface area contributed by atoms with E-state index in [9.17, 15) is 9.59 Å². The molecule has 3 heteroatoms. The molecule has 23 heavy (non-hydrogen) atoms. The van der Waals surface area contributed by atoms with Gasteiger partial charge in [-0.3, -0.25) is 4.79 Å². The SMILES string of the molecule is CC(=CC(=O)O)CCC1(C)C(C)C(=O)CC2(C)C(C)=CCCC21. The quantitative estimate of drug-likeness (QED) is 0.600. The topological polar surface area (TPSA) is 54.4 Å². The second kappa shape index (κ2) is 6.26. The lowest BCUT2D eigenvalue weighted by Gasteiger charge is -2.57. The van der Waals surface area contributed by atoms with E-state index in [-0.39, 0.29) is 16.7 Å². The molecule has 1 N–H and O–H groups in total. The standard InChI is InChI=1S/C20H30O3/c1-13(11-18(22)23)9-10-19(4)15(3)16(21)12-20(5)14(2)7-6-8-17(19)20/h7,11,15,17H,6,8-10,12H2,1-5H3,(H,22,23). The van der Waals surface area contributed by atoms with Crippen LogP contribution in [0, 0.1) is 22.7 Å². The van der Waals surface area contributed by atoms with Gasteiger partial charge in [0, 0.05) is 18.4 Å². The van der Waals surface area contributed by atoms with Crippen molar-refractivity contribution in [3.05, 3.63) is 23.3 Å². The number of fused-ring (bicyclic) bond motifs is 1. The summed E-state index contributed by atoms with van der Waals surface area (Å²) in [6.07, 6.45) is 8.09. The van der Waals surface area contributed by atoms with Crippen molar-refractivity contribution in [3.8, 4) is 0 Å². The van der Waals surface area contributed by atoms with Crippen LogP contribution in [0.2, 0.25) is 0 Å². The van der Waals surface area contributed by atoms with Crippen LogP contribution >= 0.6 is 0 Å². The molecule has 0 aliphatic heterocycles. The Kier molecular flexibility index (Phi) is 4.89. The Labute approximate surface area is 139 Å². The summed E-state index contributed by atoms with van der Waals surface area (Å²) in [5.41, 5.74) is 2.15. The molecule has 4 atom stereocenters. The highest BCUT2D eigenvalue weighted by Crippen LogP contribution is 2.60. The number of carbonyl (C=O) groups is 2. The number of ketones is 1. The average Bonchev–Trinajstić information content (AvgIpc) is 2.45. The average molecular weight is 318 g/mol. The number of carboxylic acids is 1. The van der Waals surface area contributed by atoms with Crippen LogP contribution < -0.4 is 0 Å². The number of rotatable bonds is 4. The van der Waals surface area contributed by atoms with Gasteiger partial charge in [-0.15, -0.1) is 0 Å². The van der Waals surface area contributed by atoms with E-state index in [1.807, 2.05) is 6.92 Å². The van der Waals surface area contributed by atoms with Crippen LogP contribution in [0.1, 0.15) is 66.7 Å². The number of carboxylic acid groups (broad SMARTS) is 1. The van der Waals surface area contributed by atoms with Gasteiger partial charge in [-0.25, -0.2) is 4.79 Å². The van der Waals surface area contributed by atoms with Crippen molar-refractivity contribution in [2.24, 2.45) is 22.7 Å². The first kappa shape index (κ1) is 18.0. The zero-order valence-corrected chi connectivity index (χ0v) is 15.1. The van der Waals surface area contributed by atoms with Crippen LogP contribution in [-0.4, -0.2) is 16.9 Å². The number of carbonyl (C=O) groups excluding carboxylic acids is 1. The van der Waals surface area contributed by atoms with Gasteiger partial charge in [0.2, 0.25) is 0 Å². The summed E-state index contributed by atoms with van der Waals surface area (Å²) in [5, 5.41) is 8.90. The van der Waals surface area contributed by atoms with Gasteiger partial charge in [-0.05, 0) is 56.3 Å². The molecule has 0 aromatic heterocycles. The molecule has 2 aliphatic rings. The molecule has 0 bridgehead atoms. The van der Waals surface area contributed by atoms with Gasteiger partial charge in [-0.1, -0.05) is 38.0 Å². The van der Waals surface area contributed by atoms with Crippen molar-refractivity contribution in [2.75, 3.05) is 0 Å². The molecule has 4 unspecified atom stereocenters. The molecular weight excluding hydrogens is 288 g/mol. The largest absolute Gasteiger partial charge is 0.478 e. The minimum absolute atomic E-state index is 0.0268. The number of hydrogen-bond acceptors (Lipinski definition) is 2. The van der Waals surface area contributed by atoms with Gasteiger partial charge in [0.05, 0.1) is 0 Å². The van der Waals surface area contributed by atoms with E-state index in [1.165, 1.54) is 11.6 Å². The summed E-state index contributed by atoms with van der Waals surface area (Å²) in [7, 11) is 0. The van der Waals surface area contributed by atoms with Gasteiger partial charge in [0.25, 0.3) is 0 Å². The third kappa shape index (κ3) is 3.15. The first-order valence-corrected chi connectivity index (χ1v) is 8.71. The second-order valence-corrected chi connectivity index (χ2v) is 8.13. The maximum Gasteiger partial charge on any atom is 0.328 e. The van der Waals surface area contributed by atoms with Gasteiger partial charge < -0.3 is 5.11 Å². The molecule has 0 saturated heterocycles. The third-order valence-electron chi connectivity index (χ3n) is 6.81. The van der Waals surface area contributed by atoms with Crippen molar-refractivity contribution < 1.29 is 14.7 Å². The monoisotopic (exact) mass is 318 g/mol. The Morgan fingerprint density at radius 2 is 2.09 bits per heavy atom. The minimum Gasteiger partial charge on any atom is -0.478 e. The maximum atomic E-state index is 12.7. The van der Waals surface area contributed by atoms with E-state index in [2.05, 4.69) is 33.8 Å². The van der Waals surface area contributed by atoms with E-state index in [1.54, 1.807) is 0 Å². The fraction of sp³-hybridized carbons (Fsp3) is 0.700. The Hall–Kier alpha value is -1.38. The molecular formula is C20H30O3. The number of Topliss-reactive ketones (excluding diaryl/α,β-unsaturated/α-hetero) is 1. The molecule has 2 aliphatic carbocycles. The second-order valence-electron chi connectivity index (χ2n) is 8.13. The lowest BCUT2D eigenvalue weighted by molar-refractivity contribution is -0.142. The van der Waals surface area contributed by atoms with E-state index < -0.39 is 5.97 Å². The van der Waals surface area contributed by atoms with Crippen LogP contribution in [-0.2, 0) is 9.59 Å². The zero-order valence-electron chi connectivity index (χ0n) is 15.1. The van der Waals surface area contributed by atoms with Crippen LogP contribution in [0.25, 0.3) is 0 Å². The van der Waals surface area contributed by atoms with Crippen molar-refractivity contribution in [3.63, 3.8) is 0 Å².